The van der Waals surface area contributed by atoms with Crippen molar-refractivity contribution < 1.29 is 39.6 Å². The summed E-state index contributed by atoms with van der Waals surface area (Å²) in [4.78, 5) is 31.9. The number of hydrogen-bond acceptors (Lipinski definition) is 11. The number of carbonyl (C=O) groups is 2. The van der Waals surface area contributed by atoms with Crippen LogP contribution in [0.4, 0.5) is 0 Å². The van der Waals surface area contributed by atoms with Crippen LogP contribution >= 0.6 is 21.6 Å². The molecule has 0 aromatic rings. The lowest BCUT2D eigenvalue weighted by Gasteiger charge is -2.42. The van der Waals surface area contributed by atoms with E-state index < -0.39 is 12.2 Å². The van der Waals surface area contributed by atoms with Crippen LogP contribution in [-0.2, 0) is 19.1 Å². The van der Waals surface area contributed by atoms with Gasteiger partial charge in [0.25, 0.3) is 0 Å². The highest BCUT2D eigenvalue weighted by Gasteiger charge is 2.48. The third-order valence-electron chi connectivity index (χ3n) is 14.2. The number of esters is 1. The smallest absolute Gasteiger partial charge is 0.342 e. The normalized spacial score (nSPS) is 37.4. The van der Waals surface area contributed by atoms with E-state index in [2.05, 4.69) is 20.5 Å². The Morgan fingerprint density at radius 3 is 2.49 bits per heavy atom. The van der Waals surface area contributed by atoms with Crippen LogP contribution in [0.2, 0.25) is 0 Å². The molecule has 1 amide bonds. The summed E-state index contributed by atoms with van der Waals surface area (Å²) in [7, 11) is 3.88. The number of nitrogens with zero attached hydrogens (tertiary/aromatic N) is 1. The number of fused-ring (bicyclic) bond motifs is 4. The Balaban J connectivity index is 1.21. The zero-order valence-corrected chi connectivity index (χ0v) is 36.7. The molecule has 14 heteroatoms. The van der Waals surface area contributed by atoms with E-state index in [9.17, 15) is 19.8 Å². The maximum atomic E-state index is 14.1. The zero-order chi connectivity index (χ0) is 40.3. The lowest BCUT2D eigenvalue weighted by molar-refractivity contribution is -0.699. The molecular weight excluding hydrogens is 761 g/mol. The van der Waals surface area contributed by atoms with Crippen LogP contribution in [0.1, 0.15) is 155 Å². The monoisotopic (exact) mass is 839 g/mol. The van der Waals surface area contributed by atoms with E-state index in [0.29, 0.717) is 57.2 Å². The van der Waals surface area contributed by atoms with Gasteiger partial charge < -0.3 is 29.9 Å². The Bertz CT molecular complexity index is 1300. The molecule has 6 unspecified atom stereocenters. The van der Waals surface area contributed by atoms with E-state index in [0.717, 1.165) is 121 Å². The van der Waals surface area contributed by atoms with Gasteiger partial charge in [-0.3, -0.25) is 31.4 Å². The number of nitrogens with one attached hydrogen (secondary N) is 2. The van der Waals surface area contributed by atoms with Gasteiger partial charge in [0, 0.05) is 50.9 Å². The number of guanidine groups is 1. The van der Waals surface area contributed by atoms with Gasteiger partial charge in [-0.25, -0.2) is 0 Å². The van der Waals surface area contributed by atoms with Crippen LogP contribution in [0.15, 0.2) is 0 Å². The molecule has 3 saturated carbocycles. The third kappa shape index (κ3) is 13.9. The number of carbonyl (C=O) groups excluding carboxylic acids is 2. The summed E-state index contributed by atoms with van der Waals surface area (Å²) < 4.78 is 12.5. The fraction of sp³-hybridized carbons (Fsp3) is 0.930. The Morgan fingerprint density at radius 1 is 0.947 bits per heavy atom. The summed E-state index contributed by atoms with van der Waals surface area (Å²) in [6.45, 7) is 4.38. The largest absolute Gasteiger partial charge is 0.462 e. The van der Waals surface area contributed by atoms with E-state index in [1.807, 2.05) is 21.6 Å². The molecule has 12 nitrogen and oxygen atoms in total. The lowest BCUT2D eigenvalue weighted by Crippen LogP contribution is -2.94. The first kappa shape index (κ1) is 45.2. The van der Waals surface area contributed by atoms with Crippen LogP contribution in [0.5, 0.6) is 0 Å². The molecule has 3 aliphatic carbocycles. The molecule has 326 valence electrons. The molecular formula is C43H78N6O6S2+2. The maximum absolute atomic E-state index is 14.1. The molecule has 2 saturated heterocycles. The molecule has 6 aliphatic rings. The van der Waals surface area contributed by atoms with E-state index in [-0.39, 0.29) is 58.5 Å². The van der Waals surface area contributed by atoms with Crippen molar-refractivity contribution in [3.63, 3.8) is 0 Å². The highest BCUT2D eigenvalue weighted by molar-refractivity contribution is 8.77. The van der Waals surface area contributed by atoms with E-state index in [1.165, 1.54) is 19.8 Å². The minimum atomic E-state index is -0.643. The van der Waals surface area contributed by atoms with Gasteiger partial charge in [0.1, 0.15) is 17.1 Å². The molecule has 1 spiro atoms. The summed E-state index contributed by atoms with van der Waals surface area (Å²) in [6, 6.07) is 0. The van der Waals surface area contributed by atoms with Gasteiger partial charge in [-0.15, -0.1) is 0 Å². The van der Waals surface area contributed by atoms with Crippen LogP contribution in [0, 0.1) is 23.2 Å². The molecule has 10 N–H and O–H groups in total. The summed E-state index contributed by atoms with van der Waals surface area (Å²) in [6.07, 6.45) is 20.4. The molecule has 9 atom stereocenters. The first-order valence-corrected chi connectivity index (χ1v) is 25.3. The van der Waals surface area contributed by atoms with Gasteiger partial charge in [-0.1, -0.05) is 42.9 Å². The van der Waals surface area contributed by atoms with Crippen molar-refractivity contribution in [2.75, 3.05) is 31.9 Å². The van der Waals surface area contributed by atoms with Crippen molar-refractivity contribution in [1.82, 2.24) is 10.2 Å². The minimum absolute atomic E-state index is 0.0695. The topological polar surface area (TPSA) is 191 Å². The van der Waals surface area contributed by atoms with Crippen LogP contribution in [0.3, 0.4) is 0 Å². The molecule has 4 bridgehead atoms. The molecule has 3 aliphatic heterocycles. The van der Waals surface area contributed by atoms with Gasteiger partial charge in [-0.2, -0.15) is 0 Å². The third-order valence-corrected chi connectivity index (χ3v) is 17.4. The number of ether oxygens (including phenoxy) is 2. The Labute approximate surface area is 350 Å². The second kappa shape index (κ2) is 22.0. The number of rotatable bonds is 5. The molecule has 3 heterocycles. The van der Waals surface area contributed by atoms with Crippen molar-refractivity contribution in [2.24, 2.45) is 34.6 Å². The van der Waals surface area contributed by atoms with Crippen molar-refractivity contribution in [3.05, 3.63) is 0 Å². The van der Waals surface area contributed by atoms with Crippen LogP contribution in [0.25, 0.3) is 0 Å². The number of hydrogen-bond donors (Lipinski definition) is 7. The van der Waals surface area contributed by atoms with Gasteiger partial charge >= 0.3 is 11.9 Å². The molecule has 0 aromatic carbocycles. The summed E-state index contributed by atoms with van der Waals surface area (Å²) in [5.74, 6) is 2.22. The van der Waals surface area contributed by atoms with Gasteiger partial charge in [0.15, 0.2) is 0 Å². The van der Waals surface area contributed by atoms with E-state index in [4.69, 9.17) is 20.9 Å². The first-order chi connectivity index (χ1) is 27.5. The van der Waals surface area contributed by atoms with Crippen molar-refractivity contribution in [2.45, 2.75) is 196 Å². The second-order valence-electron chi connectivity index (χ2n) is 19.1. The Hall–Kier alpha value is -1.29. The Morgan fingerprint density at radius 2 is 1.72 bits per heavy atom. The highest BCUT2D eigenvalue weighted by atomic mass is 33.1. The molecule has 0 aromatic heterocycles. The average Bonchev–Trinajstić information content (AvgIpc) is 3.91. The number of amides is 1. The fourth-order valence-electron chi connectivity index (χ4n) is 11.3. The Kier molecular flexibility index (Phi) is 17.5. The van der Waals surface area contributed by atoms with Crippen molar-refractivity contribution >= 4 is 39.4 Å². The number of piperidine rings is 1. The average molecular weight is 839 g/mol. The standard InChI is InChI=1S/C43H76N6O6S2/c1-30(50)54-36-14-13-31-22-33(40(53)37(23-31)55-35-11-5-6-12-35)28-49-29-42(27-39(49)52,26-32-15-19-46-38(44)24-32)18-20-47-41(45)48-43(16-7-8-17-43)57-56-21-9-3-2-4-10-34(51)25-36/h31-38,40,46,51,53H,2-29,44H2,1H3,(H3,45,47,48)/p+2/t31?,32?,33?,34-,36-,37?,38?,40?,42+/m0/s1. The summed E-state index contributed by atoms with van der Waals surface area (Å²) in [5, 5.41) is 29.0. The van der Waals surface area contributed by atoms with Crippen molar-refractivity contribution in [1.29, 1.82) is 0 Å². The van der Waals surface area contributed by atoms with Crippen LogP contribution in [-0.4, -0.2) is 106 Å². The molecule has 6 rings (SSSR count). The van der Waals surface area contributed by atoms with Crippen molar-refractivity contribution in [3.8, 4) is 0 Å². The lowest BCUT2D eigenvalue weighted by atomic mass is 9.73. The predicted octanol–water partition coefficient (Wildman–Crippen LogP) is 3.02. The molecule has 0 radical (unpaired) electrons. The quantitative estimate of drug-likeness (QED) is 0.159. The van der Waals surface area contributed by atoms with E-state index in [1.54, 1.807) is 0 Å². The number of nitrogens with two attached hydrogens (primary N) is 3. The minimum Gasteiger partial charge on any atom is -0.462 e. The van der Waals surface area contributed by atoms with Crippen LogP contribution < -0.4 is 27.1 Å². The first-order valence-electron chi connectivity index (χ1n) is 23.0. The maximum Gasteiger partial charge on any atom is 0.342 e. The van der Waals surface area contributed by atoms with Gasteiger partial charge in [0.2, 0.25) is 5.91 Å². The molecule has 57 heavy (non-hydrogen) atoms. The summed E-state index contributed by atoms with van der Waals surface area (Å²) >= 11 is 0. The fourth-order valence-corrected chi connectivity index (χ4v) is 14.5. The SMILES string of the molecule is CC(=O)O[C@H]1CCC2CC(CN3C[C@@](CC4CC[NH2+]C(N)C4)(CC[NH+]=C(N)NC4(CCCC4)SSCCCCCC[C@H](O)C1)CC3=O)C(O)C(OC1CCCC1)C2. The number of quaternary nitrogens is 1. The molecule has 5 fully saturated rings. The summed E-state index contributed by atoms with van der Waals surface area (Å²) in [5.41, 5.74) is 13.0. The van der Waals surface area contributed by atoms with Gasteiger partial charge in [0.05, 0.1) is 37.5 Å². The number of aliphatic hydroxyl groups is 2. The zero-order valence-electron chi connectivity index (χ0n) is 35.0. The van der Waals surface area contributed by atoms with Gasteiger partial charge in [-0.05, 0) is 124 Å². The highest BCUT2D eigenvalue weighted by Crippen LogP contribution is 2.46. The number of aliphatic hydroxyl groups excluding tert-OH is 2. The van der Waals surface area contributed by atoms with E-state index >= 15 is 0 Å². The second-order valence-corrected chi connectivity index (χ2v) is 21.9. The predicted molar refractivity (Wildman–Crippen MR) is 228 cm³/mol.